The normalized spacial score (nSPS) is 19.4. The fourth-order valence-corrected chi connectivity index (χ4v) is 5.59. The molecule has 0 spiro atoms. The fourth-order valence-electron chi connectivity index (χ4n) is 3.49. The van der Waals surface area contributed by atoms with E-state index in [-0.39, 0.29) is 33.5 Å². The first-order valence-electron chi connectivity index (χ1n) is 10.7. The SMILES string of the molecule is O=S(=O)(Oc1ccccc1CC1CO1)c1cccc(S(=O)(=O)Oc2ccccc2CC2CO2)c1. The third-order valence-electron chi connectivity index (χ3n) is 5.43. The minimum atomic E-state index is -4.30. The van der Waals surface area contributed by atoms with Crippen molar-refractivity contribution < 1.29 is 34.7 Å². The summed E-state index contributed by atoms with van der Waals surface area (Å²) < 4.78 is 73.1. The standard InChI is InChI=1S/C24H22O8S2/c25-33(26,31-23-10-3-1-6-17(23)12-19-15-29-19)21-8-5-9-22(14-21)34(27,28)32-24-11-4-2-7-18(24)13-20-16-30-20/h1-11,14,19-20H,12-13,15-16H2. The lowest BCUT2D eigenvalue weighted by molar-refractivity contribution is 0.405. The predicted molar refractivity (Wildman–Crippen MR) is 122 cm³/mol. The highest BCUT2D eigenvalue weighted by molar-refractivity contribution is 7.88. The second-order valence-corrected chi connectivity index (χ2v) is 11.2. The van der Waals surface area contributed by atoms with Crippen LogP contribution in [0, 0.1) is 0 Å². The second-order valence-electron chi connectivity index (χ2n) is 8.08. The summed E-state index contributed by atoms with van der Waals surface area (Å²) in [5.41, 5.74) is 1.38. The van der Waals surface area contributed by atoms with E-state index in [9.17, 15) is 16.8 Å². The molecule has 2 heterocycles. The molecule has 0 aliphatic carbocycles. The highest BCUT2D eigenvalue weighted by atomic mass is 32.2. The predicted octanol–water partition coefficient (Wildman–Crippen LogP) is 3.10. The lowest BCUT2D eigenvalue weighted by Gasteiger charge is -2.13. The zero-order valence-corrected chi connectivity index (χ0v) is 19.6. The monoisotopic (exact) mass is 502 g/mol. The van der Waals surface area contributed by atoms with Crippen LogP contribution in [0.2, 0.25) is 0 Å². The molecule has 0 saturated carbocycles. The average molecular weight is 503 g/mol. The molecule has 3 aromatic rings. The minimum absolute atomic E-state index is 0.0485. The molecule has 2 atom stereocenters. The van der Waals surface area contributed by atoms with E-state index in [0.717, 1.165) is 6.07 Å². The molecular formula is C24H22O8S2. The van der Waals surface area contributed by atoms with Gasteiger partial charge in [0.05, 0.1) is 25.4 Å². The van der Waals surface area contributed by atoms with Crippen molar-refractivity contribution in [3.8, 4) is 11.5 Å². The van der Waals surface area contributed by atoms with E-state index in [1.807, 2.05) is 0 Å². The van der Waals surface area contributed by atoms with Gasteiger partial charge in [-0.2, -0.15) is 16.8 Å². The molecule has 0 radical (unpaired) electrons. The van der Waals surface area contributed by atoms with Gasteiger partial charge in [0.2, 0.25) is 0 Å². The van der Waals surface area contributed by atoms with Crippen molar-refractivity contribution in [3.05, 3.63) is 83.9 Å². The first kappa shape index (κ1) is 22.9. The number of benzene rings is 3. The molecule has 2 aliphatic rings. The van der Waals surface area contributed by atoms with Crippen LogP contribution in [0.25, 0.3) is 0 Å². The van der Waals surface area contributed by atoms with Crippen LogP contribution in [0.15, 0.2) is 82.6 Å². The zero-order chi connectivity index (χ0) is 23.8. The van der Waals surface area contributed by atoms with Crippen LogP contribution in [0.1, 0.15) is 11.1 Å². The summed E-state index contributed by atoms with van der Waals surface area (Å²) in [6, 6.07) is 18.5. The van der Waals surface area contributed by atoms with Crippen LogP contribution < -0.4 is 8.37 Å². The van der Waals surface area contributed by atoms with Gasteiger partial charge in [-0.05, 0) is 41.5 Å². The van der Waals surface area contributed by atoms with Gasteiger partial charge in [-0.1, -0.05) is 42.5 Å². The number of rotatable bonds is 10. The molecule has 8 nitrogen and oxygen atoms in total. The van der Waals surface area contributed by atoms with Crippen LogP contribution in [0.4, 0.5) is 0 Å². The molecule has 178 valence electrons. The maximum absolute atomic E-state index is 13.0. The van der Waals surface area contributed by atoms with E-state index in [4.69, 9.17) is 17.8 Å². The van der Waals surface area contributed by atoms with Crippen LogP contribution >= 0.6 is 0 Å². The van der Waals surface area contributed by atoms with E-state index in [2.05, 4.69) is 0 Å². The highest BCUT2D eigenvalue weighted by Gasteiger charge is 2.28. The topological polar surface area (TPSA) is 112 Å². The minimum Gasteiger partial charge on any atom is -0.379 e. The lowest BCUT2D eigenvalue weighted by Crippen LogP contribution is -2.15. The van der Waals surface area contributed by atoms with E-state index in [1.165, 1.54) is 18.2 Å². The van der Waals surface area contributed by atoms with Crippen molar-refractivity contribution in [2.24, 2.45) is 0 Å². The summed E-state index contributed by atoms with van der Waals surface area (Å²) in [5.74, 6) is 0.359. The Balaban J connectivity index is 1.39. The van der Waals surface area contributed by atoms with Crippen molar-refractivity contribution in [2.45, 2.75) is 34.8 Å². The quantitative estimate of drug-likeness (QED) is 0.307. The Hall–Kier alpha value is -2.92. The summed E-state index contributed by atoms with van der Waals surface area (Å²) in [6.07, 6.45) is 1.15. The Morgan fingerprint density at radius 3 is 1.47 bits per heavy atom. The van der Waals surface area contributed by atoms with Crippen LogP contribution in [0.3, 0.4) is 0 Å². The Morgan fingerprint density at radius 1 is 0.647 bits per heavy atom. The lowest BCUT2D eigenvalue weighted by atomic mass is 10.1. The molecule has 2 fully saturated rings. The number of para-hydroxylation sites is 2. The van der Waals surface area contributed by atoms with E-state index in [1.54, 1.807) is 48.5 Å². The van der Waals surface area contributed by atoms with E-state index in [0.29, 0.717) is 37.2 Å². The Labute approximate surface area is 198 Å². The van der Waals surface area contributed by atoms with Gasteiger partial charge in [0, 0.05) is 12.8 Å². The Kier molecular flexibility index (Phi) is 6.07. The summed E-state index contributed by atoms with van der Waals surface area (Å²) in [6.45, 7) is 1.25. The first-order valence-corrected chi connectivity index (χ1v) is 13.5. The van der Waals surface area contributed by atoms with Crippen LogP contribution in [-0.4, -0.2) is 42.3 Å². The summed E-state index contributed by atoms with van der Waals surface area (Å²) in [7, 11) is -8.60. The summed E-state index contributed by atoms with van der Waals surface area (Å²) >= 11 is 0. The molecule has 2 saturated heterocycles. The molecule has 10 heteroatoms. The number of epoxide rings is 2. The van der Waals surface area contributed by atoms with Crippen molar-refractivity contribution in [1.29, 1.82) is 0 Å². The van der Waals surface area contributed by atoms with Crippen LogP contribution in [-0.2, 0) is 42.6 Å². The van der Waals surface area contributed by atoms with E-state index < -0.39 is 20.2 Å². The molecule has 5 rings (SSSR count). The van der Waals surface area contributed by atoms with Crippen molar-refractivity contribution in [3.63, 3.8) is 0 Å². The van der Waals surface area contributed by atoms with Crippen LogP contribution in [0.5, 0.6) is 11.5 Å². The number of ether oxygens (including phenoxy) is 2. The second kappa shape index (κ2) is 9.03. The van der Waals surface area contributed by atoms with Crippen molar-refractivity contribution >= 4 is 20.2 Å². The molecule has 0 aromatic heterocycles. The highest BCUT2D eigenvalue weighted by Crippen LogP contribution is 2.30. The van der Waals surface area contributed by atoms with E-state index >= 15 is 0 Å². The number of hydrogen-bond acceptors (Lipinski definition) is 8. The van der Waals surface area contributed by atoms with Gasteiger partial charge in [0.15, 0.2) is 0 Å². The maximum atomic E-state index is 13.0. The van der Waals surface area contributed by atoms with Gasteiger partial charge in [0.1, 0.15) is 21.3 Å². The Bertz CT molecular complexity index is 1300. The smallest absolute Gasteiger partial charge is 0.339 e. The number of hydrogen-bond donors (Lipinski definition) is 0. The molecule has 2 aliphatic heterocycles. The molecule has 2 unspecified atom stereocenters. The third kappa shape index (κ3) is 5.41. The summed E-state index contributed by atoms with van der Waals surface area (Å²) in [5, 5.41) is 0. The Morgan fingerprint density at radius 2 is 1.06 bits per heavy atom. The average Bonchev–Trinajstić information content (AvgIpc) is 3.73. The molecule has 0 bridgehead atoms. The molecule has 0 amide bonds. The summed E-state index contributed by atoms with van der Waals surface area (Å²) in [4.78, 5) is -0.594. The maximum Gasteiger partial charge on any atom is 0.339 e. The van der Waals surface area contributed by atoms with Gasteiger partial charge < -0.3 is 17.8 Å². The largest absolute Gasteiger partial charge is 0.379 e. The molecule has 3 aromatic carbocycles. The fraction of sp³-hybridized carbons (Fsp3) is 0.250. The van der Waals surface area contributed by atoms with Gasteiger partial charge in [0.25, 0.3) is 0 Å². The van der Waals surface area contributed by atoms with Crippen molar-refractivity contribution in [1.82, 2.24) is 0 Å². The molecule has 34 heavy (non-hydrogen) atoms. The third-order valence-corrected chi connectivity index (χ3v) is 7.89. The molecular weight excluding hydrogens is 480 g/mol. The van der Waals surface area contributed by atoms with Gasteiger partial charge in [-0.3, -0.25) is 0 Å². The van der Waals surface area contributed by atoms with Gasteiger partial charge in [-0.25, -0.2) is 0 Å². The zero-order valence-electron chi connectivity index (χ0n) is 18.0. The first-order chi connectivity index (χ1) is 16.3. The van der Waals surface area contributed by atoms with Gasteiger partial charge >= 0.3 is 20.2 Å². The van der Waals surface area contributed by atoms with Gasteiger partial charge in [-0.15, -0.1) is 0 Å². The molecule has 0 N–H and O–H groups in total. The van der Waals surface area contributed by atoms with Crippen molar-refractivity contribution in [2.75, 3.05) is 13.2 Å².